The number of ether oxygens (including phenoxy) is 3. The molecule has 1 N–H and O–H groups in total. The maximum Gasteiger partial charge on any atom is 0.203 e. The van der Waals surface area contributed by atoms with Gasteiger partial charge in [0.05, 0.1) is 38.1 Å². The Kier molecular flexibility index (Phi) is 5.11. The molecule has 0 amide bonds. The maximum atomic E-state index is 5.42. The molecule has 0 fully saturated rings. The molecule has 1 aromatic heterocycles. The first-order chi connectivity index (χ1) is 12.6. The first kappa shape index (κ1) is 17.8. The van der Waals surface area contributed by atoms with Crippen molar-refractivity contribution in [2.45, 2.75) is 19.8 Å². The van der Waals surface area contributed by atoms with E-state index in [0.29, 0.717) is 23.1 Å². The van der Waals surface area contributed by atoms with Crippen LogP contribution in [0, 0.1) is 0 Å². The van der Waals surface area contributed by atoms with E-state index in [4.69, 9.17) is 24.2 Å². The Labute approximate surface area is 153 Å². The van der Waals surface area contributed by atoms with Crippen LogP contribution >= 0.6 is 0 Å². The third kappa shape index (κ3) is 3.35. The van der Waals surface area contributed by atoms with Gasteiger partial charge in [0.2, 0.25) is 5.75 Å². The van der Waals surface area contributed by atoms with Gasteiger partial charge in [-0.05, 0) is 18.1 Å². The van der Waals surface area contributed by atoms with Crippen LogP contribution in [0.15, 0.2) is 36.4 Å². The quantitative estimate of drug-likeness (QED) is 0.703. The number of anilines is 2. The minimum absolute atomic E-state index is 0.219. The number of methoxy groups -OCH3 is 3. The molecule has 0 bridgehead atoms. The van der Waals surface area contributed by atoms with Crippen LogP contribution in [0.1, 0.15) is 25.5 Å². The largest absolute Gasteiger partial charge is 0.493 e. The van der Waals surface area contributed by atoms with Gasteiger partial charge < -0.3 is 19.5 Å². The van der Waals surface area contributed by atoms with Crippen LogP contribution < -0.4 is 19.5 Å². The second-order valence-corrected chi connectivity index (χ2v) is 6.14. The minimum atomic E-state index is 0.219. The van der Waals surface area contributed by atoms with E-state index in [9.17, 15) is 0 Å². The summed E-state index contributed by atoms with van der Waals surface area (Å²) in [6, 6.07) is 11.5. The molecule has 6 nitrogen and oxygen atoms in total. The van der Waals surface area contributed by atoms with E-state index in [1.54, 1.807) is 21.3 Å². The van der Waals surface area contributed by atoms with Gasteiger partial charge in [0.25, 0.3) is 0 Å². The van der Waals surface area contributed by atoms with Crippen molar-refractivity contribution in [3.63, 3.8) is 0 Å². The summed E-state index contributed by atoms with van der Waals surface area (Å²) in [6.07, 6.45) is 0. The van der Waals surface area contributed by atoms with Crippen molar-refractivity contribution in [1.82, 2.24) is 9.97 Å². The Morgan fingerprint density at radius 1 is 0.846 bits per heavy atom. The predicted octanol–water partition coefficient (Wildman–Crippen LogP) is 4.52. The Morgan fingerprint density at radius 2 is 1.42 bits per heavy atom. The standard InChI is InChI=1S/C20H23N3O3/c1-12(2)18-20(23-15-9-7-6-8-14(15)22-18)21-13-10-16(24-3)19(26-5)17(11-13)25-4/h6-12H,1-5H3,(H,21,23). The second-order valence-electron chi connectivity index (χ2n) is 6.14. The number of nitrogens with zero attached hydrogens (tertiary/aromatic N) is 2. The summed E-state index contributed by atoms with van der Waals surface area (Å²) >= 11 is 0. The fourth-order valence-electron chi connectivity index (χ4n) is 2.80. The van der Waals surface area contributed by atoms with E-state index < -0.39 is 0 Å². The molecule has 26 heavy (non-hydrogen) atoms. The van der Waals surface area contributed by atoms with E-state index in [2.05, 4.69) is 19.2 Å². The number of hydrogen-bond acceptors (Lipinski definition) is 6. The summed E-state index contributed by atoms with van der Waals surface area (Å²) in [5.41, 5.74) is 3.40. The van der Waals surface area contributed by atoms with E-state index in [1.165, 1.54) is 0 Å². The Hall–Kier alpha value is -3.02. The number of nitrogens with one attached hydrogen (secondary N) is 1. The van der Waals surface area contributed by atoms with E-state index in [1.807, 2.05) is 36.4 Å². The molecule has 0 aliphatic rings. The van der Waals surface area contributed by atoms with Crippen molar-refractivity contribution in [2.75, 3.05) is 26.6 Å². The molecule has 0 aliphatic heterocycles. The lowest BCUT2D eigenvalue weighted by atomic mass is 10.1. The van der Waals surface area contributed by atoms with Gasteiger partial charge in [0.1, 0.15) is 0 Å². The molecule has 0 spiro atoms. The van der Waals surface area contributed by atoms with Crippen molar-refractivity contribution in [3.8, 4) is 17.2 Å². The molecule has 2 aromatic carbocycles. The number of hydrogen-bond donors (Lipinski definition) is 1. The molecule has 1 heterocycles. The van der Waals surface area contributed by atoms with Crippen molar-refractivity contribution in [2.24, 2.45) is 0 Å². The number of aromatic nitrogens is 2. The lowest BCUT2D eigenvalue weighted by Gasteiger charge is -2.17. The zero-order valence-electron chi connectivity index (χ0n) is 15.7. The third-order valence-electron chi connectivity index (χ3n) is 4.07. The van der Waals surface area contributed by atoms with Crippen LogP contribution in [0.4, 0.5) is 11.5 Å². The summed E-state index contributed by atoms with van der Waals surface area (Å²) in [6.45, 7) is 4.19. The highest BCUT2D eigenvalue weighted by atomic mass is 16.5. The van der Waals surface area contributed by atoms with Gasteiger partial charge in [-0.15, -0.1) is 0 Å². The summed E-state index contributed by atoms with van der Waals surface area (Å²) in [5.74, 6) is 2.64. The monoisotopic (exact) mass is 353 g/mol. The van der Waals surface area contributed by atoms with Crippen LogP contribution in [0.25, 0.3) is 11.0 Å². The fraction of sp³-hybridized carbons (Fsp3) is 0.300. The third-order valence-corrected chi connectivity index (χ3v) is 4.07. The molecule has 0 saturated carbocycles. The van der Waals surface area contributed by atoms with Crippen LogP contribution in [0.3, 0.4) is 0 Å². The first-order valence-corrected chi connectivity index (χ1v) is 8.41. The van der Waals surface area contributed by atoms with Crippen molar-refractivity contribution >= 4 is 22.5 Å². The Bertz CT molecular complexity index is 900. The predicted molar refractivity (Wildman–Crippen MR) is 103 cm³/mol. The average Bonchev–Trinajstić information content (AvgIpc) is 2.66. The SMILES string of the molecule is COc1cc(Nc2nc3ccccc3nc2C(C)C)cc(OC)c1OC. The van der Waals surface area contributed by atoms with Crippen LogP contribution in [-0.4, -0.2) is 31.3 Å². The maximum absolute atomic E-state index is 5.42. The highest BCUT2D eigenvalue weighted by molar-refractivity contribution is 5.78. The van der Waals surface area contributed by atoms with Gasteiger partial charge in [-0.25, -0.2) is 9.97 Å². The topological polar surface area (TPSA) is 65.5 Å². The van der Waals surface area contributed by atoms with Gasteiger partial charge >= 0.3 is 0 Å². The van der Waals surface area contributed by atoms with Crippen LogP contribution in [-0.2, 0) is 0 Å². The summed E-state index contributed by atoms with van der Waals surface area (Å²) in [5, 5.41) is 3.36. The zero-order valence-corrected chi connectivity index (χ0v) is 15.7. The van der Waals surface area contributed by atoms with Crippen molar-refractivity contribution in [3.05, 3.63) is 42.1 Å². The highest BCUT2D eigenvalue weighted by Crippen LogP contribution is 2.41. The highest BCUT2D eigenvalue weighted by Gasteiger charge is 2.16. The molecule has 0 unspecified atom stereocenters. The molecule has 0 saturated heterocycles. The molecular formula is C20H23N3O3. The normalized spacial score (nSPS) is 10.8. The molecule has 3 rings (SSSR count). The van der Waals surface area contributed by atoms with Gasteiger partial charge in [0, 0.05) is 17.8 Å². The van der Waals surface area contributed by atoms with E-state index in [0.717, 1.165) is 22.4 Å². The van der Waals surface area contributed by atoms with Gasteiger partial charge in [0.15, 0.2) is 17.3 Å². The molecule has 0 radical (unpaired) electrons. The lowest BCUT2D eigenvalue weighted by Crippen LogP contribution is -2.05. The fourth-order valence-corrected chi connectivity index (χ4v) is 2.80. The molecule has 136 valence electrons. The molecule has 3 aromatic rings. The zero-order chi connectivity index (χ0) is 18.7. The van der Waals surface area contributed by atoms with Gasteiger partial charge in [-0.1, -0.05) is 26.0 Å². The number of rotatable bonds is 6. The van der Waals surface area contributed by atoms with Gasteiger partial charge in [-0.2, -0.15) is 0 Å². The number of fused-ring (bicyclic) bond motifs is 1. The average molecular weight is 353 g/mol. The number of para-hydroxylation sites is 2. The van der Waals surface area contributed by atoms with Gasteiger partial charge in [-0.3, -0.25) is 0 Å². The number of benzene rings is 2. The molecule has 0 aliphatic carbocycles. The lowest BCUT2D eigenvalue weighted by molar-refractivity contribution is 0.324. The summed E-state index contributed by atoms with van der Waals surface area (Å²) < 4.78 is 16.2. The smallest absolute Gasteiger partial charge is 0.203 e. The second kappa shape index (κ2) is 7.47. The Morgan fingerprint density at radius 3 is 1.92 bits per heavy atom. The van der Waals surface area contributed by atoms with Crippen LogP contribution in [0.5, 0.6) is 17.2 Å². The van der Waals surface area contributed by atoms with Crippen molar-refractivity contribution < 1.29 is 14.2 Å². The summed E-state index contributed by atoms with van der Waals surface area (Å²) in [7, 11) is 4.77. The minimum Gasteiger partial charge on any atom is -0.493 e. The molecule has 0 atom stereocenters. The summed E-state index contributed by atoms with van der Waals surface area (Å²) in [4.78, 5) is 9.54. The Balaban J connectivity index is 2.09. The van der Waals surface area contributed by atoms with Crippen LogP contribution in [0.2, 0.25) is 0 Å². The first-order valence-electron chi connectivity index (χ1n) is 8.41. The van der Waals surface area contributed by atoms with Crippen molar-refractivity contribution in [1.29, 1.82) is 0 Å². The molecule has 6 heteroatoms. The molecular weight excluding hydrogens is 330 g/mol. The van der Waals surface area contributed by atoms with E-state index >= 15 is 0 Å². The van der Waals surface area contributed by atoms with E-state index in [-0.39, 0.29) is 5.92 Å².